The molecule has 2 heterocycles. The fourth-order valence-corrected chi connectivity index (χ4v) is 1.71. The summed E-state index contributed by atoms with van der Waals surface area (Å²) in [7, 11) is 3.84. The number of nitrogens with one attached hydrogen (secondary N) is 2. The number of H-pyrrole nitrogens is 1. The van der Waals surface area contributed by atoms with Gasteiger partial charge in [0, 0.05) is 30.9 Å². The SMILES string of the molecule is CNCc1cn[nH]c1-c1cn(C)nc1C. The number of aromatic nitrogens is 4. The summed E-state index contributed by atoms with van der Waals surface area (Å²) in [6.07, 6.45) is 3.85. The van der Waals surface area contributed by atoms with E-state index in [1.54, 1.807) is 0 Å². The average molecular weight is 205 g/mol. The van der Waals surface area contributed by atoms with Crippen molar-refractivity contribution in [1.29, 1.82) is 0 Å². The molecule has 2 rings (SSSR count). The Morgan fingerprint density at radius 2 is 2.33 bits per heavy atom. The van der Waals surface area contributed by atoms with Gasteiger partial charge in [-0.2, -0.15) is 10.2 Å². The molecule has 5 nitrogen and oxygen atoms in total. The Labute approximate surface area is 88.5 Å². The first-order valence-corrected chi connectivity index (χ1v) is 4.90. The van der Waals surface area contributed by atoms with E-state index in [2.05, 4.69) is 20.6 Å². The molecule has 0 bridgehead atoms. The van der Waals surface area contributed by atoms with Gasteiger partial charge in [0.15, 0.2) is 0 Å². The van der Waals surface area contributed by atoms with Crippen LogP contribution in [0, 0.1) is 6.92 Å². The second-order valence-electron chi connectivity index (χ2n) is 3.60. The van der Waals surface area contributed by atoms with Crippen LogP contribution in [0.25, 0.3) is 11.3 Å². The molecule has 0 fully saturated rings. The van der Waals surface area contributed by atoms with Gasteiger partial charge < -0.3 is 5.32 Å². The van der Waals surface area contributed by atoms with Crippen LogP contribution in [-0.2, 0) is 13.6 Å². The second-order valence-corrected chi connectivity index (χ2v) is 3.60. The summed E-state index contributed by atoms with van der Waals surface area (Å²) < 4.78 is 1.81. The highest BCUT2D eigenvalue weighted by Gasteiger charge is 2.11. The summed E-state index contributed by atoms with van der Waals surface area (Å²) in [5.74, 6) is 0. The van der Waals surface area contributed by atoms with Crippen molar-refractivity contribution in [3.05, 3.63) is 23.7 Å². The van der Waals surface area contributed by atoms with Gasteiger partial charge in [-0.1, -0.05) is 0 Å². The van der Waals surface area contributed by atoms with E-state index in [0.29, 0.717) is 0 Å². The lowest BCUT2D eigenvalue weighted by Crippen LogP contribution is -2.05. The third kappa shape index (κ3) is 1.78. The lowest BCUT2D eigenvalue weighted by atomic mass is 10.1. The molecular formula is C10H15N5. The van der Waals surface area contributed by atoms with Gasteiger partial charge in [0.05, 0.1) is 17.6 Å². The van der Waals surface area contributed by atoms with Crippen LogP contribution in [0.15, 0.2) is 12.4 Å². The fourth-order valence-electron chi connectivity index (χ4n) is 1.71. The third-order valence-electron chi connectivity index (χ3n) is 2.37. The Kier molecular flexibility index (Phi) is 2.55. The molecule has 2 aromatic rings. The van der Waals surface area contributed by atoms with Gasteiger partial charge in [-0.3, -0.25) is 9.78 Å². The number of aromatic amines is 1. The maximum Gasteiger partial charge on any atom is 0.0729 e. The van der Waals surface area contributed by atoms with Gasteiger partial charge in [-0.05, 0) is 14.0 Å². The topological polar surface area (TPSA) is 58.5 Å². The van der Waals surface area contributed by atoms with Gasteiger partial charge in [-0.25, -0.2) is 0 Å². The molecule has 0 saturated heterocycles. The van der Waals surface area contributed by atoms with Crippen LogP contribution in [0.2, 0.25) is 0 Å². The Morgan fingerprint density at radius 3 is 2.93 bits per heavy atom. The molecule has 0 aromatic carbocycles. The Morgan fingerprint density at radius 1 is 1.53 bits per heavy atom. The predicted molar refractivity (Wildman–Crippen MR) is 58.3 cm³/mol. The molecule has 5 heteroatoms. The minimum absolute atomic E-state index is 0.806. The minimum Gasteiger partial charge on any atom is -0.316 e. The van der Waals surface area contributed by atoms with Gasteiger partial charge in [0.1, 0.15) is 0 Å². The Balaban J connectivity index is 2.44. The van der Waals surface area contributed by atoms with Crippen LogP contribution in [0.5, 0.6) is 0 Å². The monoisotopic (exact) mass is 205 g/mol. The van der Waals surface area contributed by atoms with Crippen LogP contribution in [-0.4, -0.2) is 27.0 Å². The minimum atomic E-state index is 0.806. The molecule has 0 aliphatic carbocycles. The Hall–Kier alpha value is -1.62. The lowest BCUT2D eigenvalue weighted by molar-refractivity contribution is 0.756. The molecule has 2 aromatic heterocycles. The first kappa shape index (κ1) is 9.92. The van der Waals surface area contributed by atoms with Crippen molar-refractivity contribution < 1.29 is 0 Å². The molecule has 0 spiro atoms. The zero-order chi connectivity index (χ0) is 10.8. The predicted octanol–water partition coefficient (Wildman–Crippen LogP) is 0.838. The molecule has 0 radical (unpaired) electrons. The Bertz CT molecular complexity index is 454. The second kappa shape index (κ2) is 3.86. The largest absolute Gasteiger partial charge is 0.316 e. The molecule has 0 unspecified atom stereocenters. The highest BCUT2D eigenvalue weighted by molar-refractivity contribution is 5.64. The summed E-state index contributed by atoms with van der Waals surface area (Å²) in [5, 5.41) is 14.5. The van der Waals surface area contributed by atoms with Crippen molar-refractivity contribution in [2.75, 3.05) is 7.05 Å². The molecular weight excluding hydrogens is 190 g/mol. The summed E-state index contributed by atoms with van der Waals surface area (Å²) in [6.45, 7) is 2.81. The molecule has 0 aliphatic heterocycles. The van der Waals surface area contributed by atoms with Crippen molar-refractivity contribution >= 4 is 0 Å². The van der Waals surface area contributed by atoms with E-state index in [4.69, 9.17) is 0 Å². The van der Waals surface area contributed by atoms with E-state index < -0.39 is 0 Å². The summed E-state index contributed by atoms with van der Waals surface area (Å²) >= 11 is 0. The number of hydrogen-bond acceptors (Lipinski definition) is 3. The molecule has 2 N–H and O–H groups in total. The molecule has 0 saturated carbocycles. The van der Waals surface area contributed by atoms with E-state index in [-0.39, 0.29) is 0 Å². The molecule has 15 heavy (non-hydrogen) atoms. The maximum atomic E-state index is 4.32. The standard InChI is InChI=1S/C10H15N5/c1-7-9(6-15(3)14-7)10-8(4-11-2)5-12-13-10/h5-6,11H,4H2,1-3H3,(H,12,13). The molecule has 0 atom stereocenters. The summed E-state index contributed by atoms with van der Waals surface area (Å²) in [6, 6.07) is 0. The van der Waals surface area contributed by atoms with Crippen molar-refractivity contribution in [3.8, 4) is 11.3 Å². The molecule has 0 aliphatic rings. The number of hydrogen-bond donors (Lipinski definition) is 2. The van der Waals surface area contributed by atoms with E-state index in [1.807, 2.05) is 38.1 Å². The highest BCUT2D eigenvalue weighted by Crippen LogP contribution is 2.23. The summed E-state index contributed by atoms with van der Waals surface area (Å²) in [4.78, 5) is 0. The van der Waals surface area contributed by atoms with E-state index in [0.717, 1.165) is 29.1 Å². The summed E-state index contributed by atoms with van der Waals surface area (Å²) in [5.41, 5.74) is 4.34. The third-order valence-corrected chi connectivity index (χ3v) is 2.37. The smallest absolute Gasteiger partial charge is 0.0729 e. The van der Waals surface area contributed by atoms with Crippen LogP contribution in [0.3, 0.4) is 0 Å². The van der Waals surface area contributed by atoms with Crippen molar-refractivity contribution in [2.45, 2.75) is 13.5 Å². The first-order chi connectivity index (χ1) is 7.22. The van der Waals surface area contributed by atoms with Crippen LogP contribution >= 0.6 is 0 Å². The van der Waals surface area contributed by atoms with Crippen molar-refractivity contribution in [1.82, 2.24) is 25.3 Å². The average Bonchev–Trinajstić information content (AvgIpc) is 2.73. The number of nitrogens with zero attached hydrogens (tertiary/aromatic N) is 3. The molecule has 0 amide bonds. The van der Waals surface area contributed by atoms with Crippen molar-refractivity contribution in [2.24, 2.45) is 7.05 Å². The first-order valence-electron chi connectivity index (χ1n) is 4.90. The normalized spacial score (nSPS) is 10.9. The zero-order valence-corrected chi connectivity index (χ0v) is 9.20. The quantitative estimate of drug-likeness (QED) is 0.780. The fraction of sp³-hybridized carbons (Fsp3) is 0.400. The number of rotatable bonds is 3. The lowest BCUT2D eigenvalue weighted by Gasteiger charge is -2.00. The highest BCUT2D eigenvalue weighted by atomic mass is 15.3. The number of aryl methyl sites for hydroxylation is 2. The van der Waals surface area contributed by atoms with E-state index in [1.165, 1.54) is 0 Å². The van der Waals surface area contributed by atoms with Gasteiger partial charge >= 0.3 is 0 Å². The van der Waals surface area contributed by atoms with Gasteiger partial charge in [-0.15, -0.1) is 0 Å². The van der Waals surface area contributed by atoms with Crippen LogP contribution < -0.4 is 5.32 Å². The van der Waals surface area contributed by atoms with E-state index in [9.17, 15) is 0 Å². The van der Waals surface area contributed by atoms with Crippen molar-refractivity contribution in [3.63, 3.8) is 0 Å². The van der Waals surface area contributed by atoms with Gasteiger partial charge in [0.25, 0.3) is 0 Å². The maximum absolute atomic E-state index is 4.32. The van der Waals surface area contributed by atoms with Crippen LogP contribution in [0.1, 0.15) is 11.3 Å². The van der Waals surface area contributed by atoms with Gasteiger partial charge in [0.2, 0.25) is 0 Å². The van der Waals surface area contributed by atoms with Crippen LogP contribution in [0.4, 0.5) is 0 Å². The van der Waals surface area contributed by atoms with E-state index >= 15 is 0 Å². The molecule has 80 valence electrons. The zero-order valence-electron chi connectivity index (χ0n) is 9.20.